The molecule has 1 atom stereocenters. The number of likely N-dealkylation sites (tertiary alicyclic amines) is 1. The van der Waals surface area contributed by atoms with Crippen molar-refractivity contribution < 1.29 is 9.59 Å². The van der Waals surface area contributed by atoms with Crippen LogP contribution in [0.4, 0.5) is 0 Å². The fraction of sp³-hybridized carbons (Fsp3) is 0.579. The van der Waals surface area contributed by atoms with Crippen LogP contribution in [0, 0.1) is 6.92 Å². The third-order valence-corrected chi connectivity index (χ3v) is 4.74. The maximum absolute atomic E-state index is 13.0. The van der Waals surface area contributed by atoms with E-state index < -0.39 is 0 Å². The van der Waals surface area contributed by atoms with E-state index in [2.05, 4.69) is 0 Å². The average molecular weight is 331 g/mol. The van der Waals surface area contributed by atoms with Crippen LogP contribution in [-0.2, 0) is 9.59 Å². The fourth-order valence-corrected chi connectivity index (χ4v) is 3.21. The highest BCUT2D eigenvalue weighted by Gasteiger charge is 2.27. The quantitative estimate of drug-likeness (QED) is 0.801. The Labute approximate surface area is 145 Å². The Morgan fingerprint density at radius 3 is 2.54 bits per heavy atom. The van der Waals surface area contributed by atoms with Crippen LogP contribution >= 0.6 is 0 Å². The molecule has 2 rings (SSSR count). The second-order valence-electron chi connectivity index (χ2n) is 6.82. The highest BCUT2D eigenvalue weighted by Crippen LogP contribution is 2.23. The van der Waals surface area contributed by atoms with Gasteiger partial charge >= 0.3 is 0 Å². The van der Waals surface area contributed by atoms with E-state index in [9.17, 15) is 9.59 Å². The first-order chi connectivity index (χ1) is 11.4. The summed E-state index contributed by atoms with van der Waals surface area (Å²) >= 11 is 0. The largest absolute Gasteiger partial charge is 0.342 e. The number of likely N-dealkylation sites (N-methyl/N-ethyl adjacent to an activating group) is 2. The molecule has 0 spiro atoms. The van der Waals surface area contributed by atoms with Crippen molar-refractivity contribution in [3.8, 4) is 0 Å². The number of aryl methyl sites for hydroxylation is 1. The number of piperidine rings is 1. The van der Waals surface area contributed by atoms with Gasteiger partial charge in [0, 0.05) is 33.1 Å². The summed E-state index contributed by atoms with van der Waals surface area (Å²) in [6, 6.07) is 7.71. The molecule has 0 saturated carbocycles. The summed E-state index contributed by atoms with van der Waals surface area (Å²) in [5.74, 6) is 0.281. The maximum Gasteiger partial charge on any atom is 0.244 e. The minimum atomic E-state index is -0.298. The Kier molecular flexibility index (Phi) is 6.37. The number of carbonyl (C=O) groups excluding carboxylic acids is 2. The lowest BCUT2D eigenvalue weighted by Crippen LogP contribution is -2.44. The third-order valence-electron chi connectivity index (χ3n) is 4.74. The number of benzene rings is 1. The average Bonchev–Trinajstić information content (AvgIpc) is 2.55. The normalized spacial score (nSPS) is 16.4. The zero-order chi connectivity index (χ0) is 17.7. The van der Waals surface area contributed by atoms with Gasteiger partial charge in [-0.25, -0.2) is 0 Å². The number of hydrogen-bond acceptors (Lipinski definition) is 3. The Balaban J connectivity index is 2.04. The van der Waals surface area contributed by atoms with Gasteiger partial charge < -0.3 is 9.80 Å². The van der Waals surface area contributed by atoms with Crippen molar-refractivity contribution in [1.82, 2.24) is 14.7 Å². The van der Waals surface area contributed by atoms with Gasteiger partial charge in [0.05, 0.1) is 0 Å². The number of amides is 2. The van der Waals surface area contributed by atoms with Crippen molar-refractivity contribution in [2.75, 3.05) is 40.8 Å². The van der Waals surface area contributed by atoms with Crippen molar-refractivity contribution in [3.05, 3.63) is 35.4 Å². The fourth-order valence-electron chi connectivity index (χ4n) is 3.21. The van der Waals surface area contributed by atoms with Crippen molar-refractivity contribution >= 4 is 11.8 Å². The summed E-state index contributed by atoms with van der Waals surface area (Å²) in [5.41, 5.74) is 2.15. The smallest absolute Gasteiger partial charge is 0.244 e. The topological polar surface area (TPSA) is 43.9 Å². The van der Waals surface area contributed by atoms with Gasteiger partial charge in [-0.3, -0.25) is 14.5 Å². The number of rotatable bonds is 6. The third kappa shape index (κ3) is 4.35. The van der Waals surface area contributed by atoms with E-state index in [0.29, 0.717) is 19.5 Å². The molecule has 1 unspecified atom stereocenters. The Morgan fingerprint density at radius 2 is 1.92 bits per heavy atom. The van der Waals surface area contributed by atoms with Crippen molar-refractivity contribution in [2.45, 2.75) is 32.2 Å². The van der Waals surface area contributed by atoms with Gasteiger partial charge in [0.1, 0.15) is 6.04 Å². The summed E-state index contributed by atoms with van der Waals surface area (Å²) in [7, 11) is 5.68. The Hall–Kier alpha value is -1.88. The van der Waals surface area contributed by atoms with E-state index in [4.69, 9.17) is 0 Å². The van der Waals surface area contributed by atoms with Crippen LogP contribution in [0.5, 0.6) is 0 Å². The zero-order valence-electron chi connectivity index (χ0n) is 15.3. The van der Waals surface area contributed by atoms with Crippen LogP contribution < -0.4 is 0 Å². The van der Waals surface area contributed by atoms with Crippen molar-refractivity contribution in [3.63, 3.8) is 0 Å². The highest BCUT2D eigenvalue weighted by molar-refractivity contribution is 5.83. The molecule has 0 aliphatic carbocycles. The molecule has 1 fully saturated rings. The molecule has 1 heterocycles. The minimum Gasteiger partial charge on any atom is -0.342 e. The predicted octanol–water partition coefficient (Wildman–Crippen LogP) is 2.07. The molecular formula is C19H29N3O2. The Bertz CT molecular complexity index is 586. The molecule has 132 valence electrons. The lowest BCUT2D eigenvalue weighted by molar-refractivity contribution is -0.138. The SMILES string of the molecule is Cc1ccccc1C(C(=O)N(C)CCN1CCCCC1=O)N(C)C. The molecule has 0 radical (unpaired) electrons. The van der Waals surface area contributed by atoms with Crippen molar-refractivity contribution in [2.24, 2.45) is 0 Å². The van der Waals surface area contributed by atoms with Crippen LogP contribution in [0.15, 0.2) is 24.3 Å². The van der Waals surface area contributed by atoms with E-state index in [-0.39, 0.29) is 17.9 Å². The summed E-state index contributed by atoms with van der Waals surface area (Å²) in [6.07, 6.45) is 2.69. The molecule has 24 heavy (non-hydrogen) atoms. The lowest BCUT2D eigenvalue weighted by Gasteiger charge is -2.32. The van der Waals surface area contributed by atoms with Crippen LogP contribution in [0.25, 0.3) is 0 Å². The molecule has 1 aromatic carbocycles. The summed E-state index contributed by atoms with van der Waals surface area (Å²) in [4.78, 5) is 30.5. The van der Waals surface area contributed by atoms with Gasteiger partial charge in [-0.05, 0) is 45.0 Å². The predicted molar refractivity (Wildman–Crippen MR) is 95.7 cm³/mol. The van der Waals surface area contributed by atoms with Gasteiger partial charge in [0.15, 0.2) is 0 Å². The first-order valence-corrected chi connectivity index (χ1v) is 8.66. The van der Waals surface area contributed by atoms with Gasteiger partial charge in [-0.15, -0.1) is 0 Å². The van der Waals surface area contributed by atoms with Crippen molar-refractivity contribution in [1.29, 1.82) is 0 Å². The molecule has 5 nitrogen and oxygen atoms in total. The molecular weight excluding hydrogens is 302 g/mol. The second kappa shape index (κ2) is 8.29. The first-order valence-electron chi connectivity index (χ1n) is 8.66. The monoisotopic (exact) mass is 331 g/mol. The van der Waals surface area contributed by atoms with Crippen LogP contribution in [0.2, 0.25) is 0 Å². The molecule has 5 heteroatoms. The second-order valence-corrected chi connectivity index (χ2v) is 6.82. The van der Waals surface area contributed by atoms with Crippen LogP contribution in [-0.4, -0.2) is 67.3 Å². The number of carbonyl (C=O) groups is 2. The van der Waals surface area contributed by atoms with Gasteiger partial charge in [0.25, 0.3) is 0 Å². The van der Waals surface area contributed by atoms with E-state index in [1.54, 1.807) is 4.90 Å². The number of nitrogens with zero attached hydrogens (tertiary/aromatic N) is 3. The summed E-state index contributed by atoms with van der Waals surface area (Å²) < 4.78 is 0. The molecule has 1 aliphatic rings. The molecule has 0 bridgehead atoms. The van der Waals surface area contributed by atoms with E-state index in [0.717, 1.165) is 30.5 Å². The molecule has 0 aromatic heterocycles. The van der Waals surface area contributed by atoms with E-state index in [1.807, 2.05) is 62.1 Å². The standard InChI is InChI=1S/C19H29N3O2/c1-15-9-5-6-10-16(15)18(20(2)3)19(24)21(4)13-14-22-12-8-7-11-17(22)23/h5-6,9-10,18H,7-8,11-14H2,1-4H3. The van der Waals surface area contributed by atoms with Gasteiger partial charge in [-0.1, -0.05) is 24.3 Å². The van der Waals surface area contributed by atoms with Gasteiger partial charge in [-0.2, -0.15) is 0 Å². The first kappa shape index (κ1) is 18.5. The van der Waals surface area contributed by atoms with Crippen LogP contribution in [0.3, 0.4) is 0 Å². The molecule has 1 saturated heterocycles. The lowest BCUT2D eigenvalue weighted by atomic mass is 9.99. The zero-order valence-corrected chi connectivity index (χ0v) is 15.3. The summed E-state index contributed by atoms with van der Waals surface area (Å²) in [5, 5.41) is 0. The van der Waals surface area contributed by atoms with E-state index in [1.165, 1.54) is 0 Å². The Morgan fingerprint density at radius 1 is 1.21 bits per heavy atom. The minimum absolute atomic E-state index is 0.0683. The summed E-state index contributed by atoms with van der Waals surface area (Å²) in [6.45, 7) is 4.04. The molecule has 1 aliphatic heterocycles. The van der Waals surface area contributed by atoms with E-state index >= 15 is 0 Å². The number of hydrogen-bond donors (Lipinski definition) is 0. The molecule has 0 N–H and O–H groups in total. The maximum atomic E-state index is 13.0. The molecule has 2 amide bonds. The van der Waals surface area contributed by atoms with Crippen LogP contribution in [0.1, 0.15) is 36.4 Å². The van der Waals surface area contributed by atoms with Gasteiger partial charge in [0.2, 0.25) is 11.8 Å². The molecule has 1 aromatic rings. The highest BCUT2D eigenvalue weighted by atomic mass is 16.2.